The van der Waals surface area contributed by atoms with Gasteiger partial charge in [0.05, 0.1) is 30.9 Å². The lowest BCUT2D eigenvalue weighted by atomic mass is 9.99. The van der Waals surface area contributed by atoms with Gasteiger partial charge in [0, 0.05) is 24.6 Å². The third-order valence-corrected chi connectivity index (χ3v) is 6.48. The molecule has 0 spiro atoms. The number of hydrogen-bond donors (Lipinski definition) is 0. The maximum Gasteiger partial charge on any atom is 0.262 e. The summed E-state index contributed by atoms with van der Waals surface area (Å²) in [5, 5.41) is 7.99. The van der Waals surface area contributed by atoms with Crippen molar-refractivity contribution in [2.45, 2.75) is 12.5 Å². The lowest BCUT2D eigenvalue weighted by molar-refractivity contribution is -0.133. The number of hydrazone groups is 1. The van der Waals surface area contributed by atoms with E-state index in [1.54, 1.807) is 37.7 Å². The maximum atomic E-state index is 13.6. The molecular weight excluding hydrogens is 457 g/mol. The molecule has 1 aliphatic heterocycles. The highest BCUT2D eigenvalue weighted by molar-refractivity contribution is 7.12. The minimum absolute atomic E-state index is 0.172. The molecule has 9 heteroatoms. The highest BCUT2D eigenvalue weighted by Gasteiger charge is 2.36. The zero-order valence-corrected chi connectivity index (χ0v) is 19.8. The van der Waals surface area contributed by atoms with Gasteiger partial charge in [0.1, 0.15) is 23.9 Å². The van der Waals surface area contributed by atoms with E-state index >= 15 is 0 Å². The highest BCUT2D eigenvalue weighted by atomic mass is 32.1. The summed E-state index contributed by atoms with van der Waals surface area (Å²) in [4.78, 5) is 28.4. The van der Waals surface area contributed by atoms with Crippen LogP contribution in [-0.4, -0.2) is 55.2 Å². The van der Waals surface area contributed by atoms with Gasteiger partial charge in [-0.15, -0.1) is 11.3 Å². The van der Waals surface area contributed by atoms with Crippen LogP contribution < -0.4 is 9.47 Å². The lowest BCUT2D eigenvalue weighted by Crippen LogP contribution is -2.39. The number of halogens is 1. The number of likely N-dealkylation sites (N-methyl/N-ethyl adjacent to an activating group) is 1. The smallest absolute Gasteiger partial charge is 0.262 e. The van der Waals surface area contributed by atoms with Gasteiger partial charge in [-0.05, 0) is 47.8 Å². The van der Waals surface area contributed by atoms with Crippen LogP contribution in [0, 0.1) is 5.82 Å². The van der Waals surface area contributed by atoms with E-state index in [0.29, 0.717) is 17.9 Å². The lowest BCUT2D eigenvalue weighted by Gasteiger charge is -2.26. The summed E-state index contributed by atoms with van der Waals surface area (Å²) in [6, 6.07) is 14.2. The normalized spacial score (nSPS) is 15.1. The van der Waals surface area contributed by atoms with E-state index in [1.165, 1.54) is 35.2 Å². The first kappa shape index (κ1) is 23.4. The Bertz CT molecular complexity index is 1230. The largest absolute Gasteiger partial charge is 0.497 e. The predicted octanol–water partition coefficient (Wildman–Crippen LogP) is 4.35. The van der Waals surface area contributed by atoms with Crippen molar-refractivity contribution in [3.05, 3.63) is 81.8 Å². The van der Waals surface area contributed by atoms with Crippen LogP contribution in [0.4, 0.5) is 4.39 Å². The Morgan fingerprint density at radius 2 is 1.97 bits per heavy atom. The summed E-state index contributed by atoms with van der Waals surface area (Å²) in [6.07, 6.45) is 0.483. The van der Waals surface area contributed by atoms with Crippen LogP contribution in [-0.2, 0) is 4.79 Å². The summed E-state index contributed by atoms with van der Waals surface area (Å²) in [6.45, 7) is -0.223. The van der Waals surface area contributed by atoms with Gasteiger partial charge in [-0.25, -0.2) is 9.40 Å². The maximum absolute atomic E-state index is 13.6. The molecule has 1 aromatic heterocycles. The van der Waals surface area contributed by atoms with E-state index < -0.39 is 17.8 Å². The molecule has 1 atom stereocenters. The summed E-state index contributed by atoms with van der Waals surface area (Å²) in [7, 11) is 4.65. The fourth-order valence-corrected chi connectivity index (χ4v) is 4.58. The average Bonchev–Trinajstić information content (AvgIpc) is 3.53. The van der Waals surface area contributed by atoms with E-state index in [0.717, 1.165) is 22.2 Å². The monoisotopic (exact) mass is 481 g/mol. The van der Waals surface area contributed by atoms with Gasteiger partial charge >= 0.3 is 0 Å². The molecule has 0 N–H and O–H groups in total. The third-order valence-electron chi connectivity index (χ3n) is 5.56. The van der Waals surface area contributed by atoms with Crippen LogP contribution in [0.2, 0.25) is 0 Å². The molecule has 2 aromatic carbocycles. The first-order valence-electron chi connectivity index (χ1n) is 10.6. The molecule has 4 rings (SSSR count). The van der Waals surface area contributed by atoms with Gasteiger partial charge in [-0.3, -0.25) is 9.59 Å². The van der Waals surface area contributed by atoms with E-state index in [2.05, 4.69) is 5.10 Å². The quantitative estimate of drug-likeness (QED) is 0.503. The Hall–Kier alpha value is -3.72. The Kier molecular flexibility index (Phi) is 6.93. The topological polar surface area (TPSA) is 71.4 Å². The molecular formula is C25H24FN3O4S. The molecule has 3 aromatic rings. The second-order valence-electron chi connectivity index (χ2n) is 7.76. The molecule has 0 aliphatic carbocycles. The first-order valence-corrected chi connectivity index (χ1v) is 11.5. The number of hydrogen-bond acceptors (Lipinski definition) is 6. The van der Waals surface area contributed by atoms with Gasteiger partial charge < -0.3 is 14.4 Å². The van der Waals surface area contributed by atoms with E-state index in [-0.39, 0.29) is 18.0 Å². The van der Waals surface area contributed by atoms with Gasteiger partial charge in [-0.2, -0.15) is 5.10 Å². The SMILES string of the molecule is COc1ccc(OC)c(C2CC(c3cccs3)=NN2C(=O)CN(C)C(=O)c2cccc(F)c2)c1. The number of carbonyl (C=O) groups excluding carboxylic acids is 2. The summed E-state index contributed by atoms with van der Waals surface area (Å²) < 4.78 is 24.5. The minimum Gasteiger partial charge on any atom is -0.497 e. The van der Waals surface area contributed by atoms with Crippen molar-refractivity contribution in [1.82, 2.24) is 9.91 Å². The van der Waals surface area contributed by atoms with Crippen LogP contribution in [0.15, 0.2) is 65.1 Å². The third kappa shape index (κ3) is 4.79. The number of methoxy groups -OCH3 is 2. The molecule has 0 saturated carbocycles. The second kappa shape index (κ2) is 10.0. The van der Waals surface area contributed by atoms with Crippen molar-refractivity contribution >= 4 is 28.9 Å². The second-order valence-corrected chi connectivity index (χ2v) is 8.71. The zero-order valence-electron chi connectivity index (χ0n) is 19.0. The number of rotatable bonds is 7. The Balaban J connectivity index is 1.63. The van der Waals surface area contributed by atoms with Crippen molar-refractivity contribution in [2.75, 3.05) is 27.8 Å². The Morgan fingerprint density at radius 3 is 2.65 bits per heavy atom. The molecule has 7 nitrogen and oxygen atoms in total. The van der Waals surface area contributed by atoms with E-state index in [9.17, 15) is 14.0 Å². The number of ether oxygens (including phenoxy) is 2. The molecule has 34 heavy (non-hydrogen) atoms. The molecule has 0 radical (unpaired) electrons. The molecule has 0 bridgehead atoms. The minimum atomic E-state index is -0.513. The molecule has 2 heterocycles. The number of amides is 2. The van der Waals surface area contributed by atoms with Crippen molar-refractivity contribution in [1.29, 1.82) is 0 Å². The van der Waals surface area contributed by atoms with Crippen molar-refractivity contribution in [2.24, 2.45) is 5.10 Å². The van der Waals surface area contributed by atoms with Crippen molar-refractivity contribution in [3.63, 3.8) is 0 Å². The van der Waals surface area contributed by atoms with Gasteiger partial charge in [-0.1, -0.05) is 12.1 Å². The summed E-state index contributed by atoms with van der Waals surface area (Å²) in [5.74, 6) is -0.0965. The number of nitrogens with zero attached hydrogens (tertiary/aromatic N) is 3. The van der Waals surface area contributed by atoms with Crippen LogP contribution in [0.25, 0.3) is 0 Å². The molecule has 0 saturated heterocycles. The van der Waals surface area contributed by atoms with Crippen LogP contribution >= 0.6 is 11.3 Å². The highest BCUT2D eigenvalue weighted by Crippen LogP contribution is 2.39. The predicted molar refractivity (Wildman–Crippen MR) is 128 cm³/mol. The summed E-state index contributed by atoms with van der Waals surface area (Å²) >= 11 is 1.54. The fraction of sp³-hybridized carbons (Fsp3) is 0.240. The molecule has 2 amide bonds. The number of thiophene rings is 1. The molecule has 176 valence electrons. The van der Waals surface area contributed by atoms with Crippen molar-refractivity contribution < 1.29 is 23.5 Å². The molecule has 1 unspecified atom stereocenters. The molecule has 0 fully saturated rings. The average molecular weight is 482 g/mol. The Morgan fingerprint density at radius 1 is 1.15 bits per heavy atom. The van der Waals surface area contributed by atoms with Crippen molar-refractivity contribution in [3.8, 4) is 11.5 Å². The van der Waals surface area contributed by atoms with E-state index in [1.807, 2.05) is 23.6 Å². The number of benzene rings is 2. The van der Waals surface area contributed by atoms with Gasteiger partial charge in [0.2, 0.25) is 0 Å². The first-order chi connectivity index (χ1) is 16.4. The fourth-order valence-electron chi connectivity index (χ4n) is 3.86. The van der Waals surface area contributed by atoms with Crippen LogP contribution in [0.1, 0.15) is 33.3 Å². The summed E-state index contributed by atoms with van der Waals surface area (Å²) in [5.41, 5.74) is 1.70. The van der Waals surface area contributed by atoms with Gasteiger partial charge in [0.15, 0.2) is 0 Å². The van der Waals surface area contributed by atoms with Gasteiger partial charge in [0.25, 0.3) is 11.8 Å². The number of carbonyl (C=O) groups is 2. The molecule has 1 aliphatic rings. The van der Waals surface area contributed by atoms with Crippen LogP contribution in [0.5, 0.6) is 11.5 Å². The zero-order chi connectivity index (χ0) is 24.2. The Labute approximate surface area is 201 Å². The van der Waals surface area contributed by atoms with Crippen LogP contribution in [0.3, 0.4) is 0 Å². The standard InChI is InChI=1S/C25H24FN3O4S/c1-28(25(31)16-6-4-7-17(26)12-16)15-24(30)29-21(14-20(27-29)23-8-5-11-34-23)19-13-18(32-2)9-10-22(19)33-3/h4-13,21H,14-15H2,1-3H3. The van der Waals surface area contributed by atoms with E-state index in [4.69, 9.17) is 9.47 Å².